The van der Waals surface area contributed by atoms with Crippen LogP contribution >= 0.6 is 0 Å². The summed E-state index contributed by atoms with van der Waals surface area (Å²) >= 11 is 0. The van der Waals surface area contributed by atoms with Gasteiger partial charge in [0.2, 0.25) is 5.91 Å². The molecule has 2 rings (SSSR count). The second kappa shape index (κ2) is 6.47. The number of nitro groups is 1. The largest absolute Gasteiger partial charge is 0.337 e. The molecule has 0 aliphatic carbocycles. The molecular formula is C14H19N3O3. The number of nitrogens with zero attached hydrogens (tertiary/aromatic N) is 2. The Labute approximate surface area is 117 Å². The monoisotopic (exact) mass is 277 g/mol. The highest BCUT2D eigenvalue weighted by atomic mass is 16.6. The second-order valence-electron chi connectivity index (χ2n) is 4.94. The number of benzene rings is 1. The third kappa shape index (κ3) is 3.33. The Morgan fingerprint density at radius 2 is 2.30 bits per heavy atom. The maximum atomic E-state index is 12.3. The fourth-order valence-electron chi connectivity index (χ4n) is 2.52. The van der Waals surface area contributed by atoms with Gasteiger partial charge in [0.25, 0.3) is 5.69 Å². The first-order valence-electron chi connectivity index (χ1n) is 6.87. The maximum absolute atomic E-state index is 12.3. The van der Waals surface area contributed by atoms with Gasteiger partial charge in [0.15, 0.2) is 0 Å². The highest BCUT2D eigenvalue weighted by Gasteiger charge is 2.27. The molecule has 0 saturated carbocycles. The molecule has 6 heteroatoms. The van der Waals surface area contributed by atoms with Gasteiger partial charge in [-0.3, -0.25) is 14.9 Å². The Morgan fingerprint density at radius 3 is 3.00 bits per heavy atom. The average molecular weight is 277 g/mol. The molecule has 1 aliphatic rings. The molecule has 1 amide bonds. The zero-order valence-corrected chi connectivity index (χ0v) is 11.5. The molecule has 1 N–H and O–H groups in total. The lowest BCUT2D eigenvalue weighted by Crippen LogP contribution is -2.50. The second-order valence-corrected chi connectivity index (χ2v) is 4.94. The number of hydrogen-bond acceptors (Lipinski definition) is 4. The van der Waals surface area contributed by atoms with Crippen molar-refractivity contribution in [3.05, 3.63) is 39.9 Å². The van der Waals surface area contributed by atoms with Crippen LogP contribution in [0.5, 0.6) is 0 Å². The summed E-state index contributed by atoms with van der Waals surface area (Å²) < 4.78 is 0. The standard InChI is InChI=1S/C14H19N3O3/c1-2-15-13-7-4-8-16(14(13)18)10-11-5-3-6-12(9-11)17(19)20/h3,5-6,9,13,15H,2,4,7-8,10H2,1H3. The number of likely N-dealkylation sites (N-methyl/N-ethyl adjacent to an activating group) is 1. The summed E-state index contributed by atoms with van der Waals surface area (Å²) in [6.07, 6.45) is 1.82. The number of non-ortho nitro benzene ring substituents is 1. The SMILES string of the molecule is CCNC1CCCN(Cc2cccc([N+](=O)[O-])c2)C1=O. The fraction of sp³-hybridized carbons (Fsp3) is 0.500. The number of rotatable bonds is 5. The van der Waals surface area contributed by atoms with Gasteiger partial charge in [-0.2, -0.15) is 0 Å². The van der Waals surface area contributed by atoms with E-state index in [1.807, 2.05) is 13.0 Å². The Kier molecular flexibility index (Phi) is 4.68. The first-order chi connectivity index (χ1) is 9.61. The zero-order chi connectivity index (χ0) is 14.5. The van der Waals surface area contributed by atoms with Crippen molar-refractivity contribution in [3.8, 4) is 0 Å². The molecule has 1 aromatic rings. The van der Waals surface area contributed by atoms with Crippen molar-refractivity contribution in [1.29, 1.82) is 0 Å². The number of carbonyl (C=O) groups is 1. The molecule has 0 aromatic heterocycles. The molecule has 1 aliphatic heterocycles. The van der Waals surface area contributed by atoms with E-state index in [9.17, 15) is 14.9 Å². The van der Waals surface area contributed by atoms with E-state index in [0.29, 0.717) is 13.1 Å². The van der Waals surface area contributed by atoms with Crippen LogP contribution in [0.25, 0.3) is 0 Å². The van der Waals surface area contributed by atoms with Crippen molar-refractivity contribution in [2.75, 3.05) is 13.1 Å². The molecule has 20 heavy (non-hydrogen) atoms. The van der Waals surface area contributed by atoms with Crippen molar-refractivity contribution in [1.82, 2.24) is 10.2 Å². The summed E-state index contributed by atoms with van der Waals surface area (Å²) in [5.74, 6) is 0.0876. The number of carbonyl (C=O) groups excluding carboxylic acids is 1. The van der Waals surface area contributed by atoms with E-state index in [-0.39, 0.29) is 17.6 Å². The van der Waals surface area contributed by atoms with E-state index in [1.54, 1.807) is 11.0 Å². The molecule has 1 fully saturated rings. The van der Waals surface area contributed by atoms with E-state index in [1.165, 1.54) is 12.1 Å². The van der Waals surface area contributed by atoms with Crippen molar-refractivity contribution in [3.63, 3.8) is 0 Å². The summed E-state index contributed by atoms with van der Waals surface area (Å²) in [5.41, 5.74) is 0.861. The highest BCUT2D eigenvalue weighted by Crippen LogP contribution is 2.18. The lowest BCUT2D eigenvalue weighted by Gasteiger charge is -2.32. The molecule has 0 spiro atoms. The zero-order valence-electron chi connectivity index (χ0n) is 11.5. The molecule has 108 valence electrons. The lowest BCUT2D eigenvalue weighted by atomic mass is 10.0. The smallest absolute Gasteiger partial charge is 0.269 e. The summed E-state index contributed by atoms with van der Waals surface area (Å²) in [5, 5.41) is 13.9. The molecule has 6 nitrogen and oxygen atoms in total. The topological polar surface area (TPSA) is 75.5 Å². The highest BCUT2D eigenvalue weighted by molar-refractivity contribution is 5.82. The van der Waals surface area contributed by atoms with E-state index < -0.39 is 4.92 Å². The number of piperidine rings is 1. The van der Waals surface area contributed by atoms with Crippen LogP contribution in [0.1, 0.15) is 25.3 Å². The van der Waals surface area contributed by atoms with Crippen LogP contribution in [-0.4, -0.2) is 34.9 Å². The van der Waals surface area contributed by atoms with E-state index in [2.05, 4.69) is 5.32 Å². The van der Waals surface area contributed by atoms with Gasteiger partial charge in [-0.05, 0) is 24.9 Å². The van der Waals surface area contributed by atoms with Crippen LogP contribution in [0.15, 0.2) is 24.3 Å². The molecule has 1 saturated heterocycles. The van der Waals surface area contributed by atoms with Gasteiger partial charge in [-0.1, -0.05) is 19.1 Å². The number of likely N-dealkylation sites (tertiary alicyclic amines) is 1. The van der Waals surface area contributed by atoms with Crippen LogP contribution < -0.4 is 5.32 Å². The Hall–Kier alpha value is -1.95. The summed E-state index contributed by atoms with van der Waals surface area (Å²) in [6, 6.07) is 6.35. The quantitative estimate of drug-likeness (QED) is 0.656. The molecule has 1 unspecified atom stereocenters. The number of amides is 1. The van der Waals surface area contributed by atoms with Crippen LogP contribution in [-0.2, 0) is 11.3 Å². The van der Waals surface area contributed by atoms with Gasteiger partial charge in [-0.25, -0.2) is 0 Å². The molecular weight excluding hydrogens is 258 g/mol. The summed E-state index contributed by atoms with van der Waals surface area (Å²) in [6.45, 7) is 3.89. The average Bonchev–Trinajstić information content (AvgIpc) is 2.44. The Bertz CT molecular complexity index is 502. The maximum Gasteiger partial charge on any atom is 0.269 e. The van der Waals surface area contributed by atoms with E-state index in [4.69, 9.17) is 0 Å². The van der Waals surface area contributed by atoms with Crippen LogP contribution in [0.3, 0.4) is 0 Å². The fourth-order valence-corrected chi connectivity index (χ4v) is 2.52. The van der Waals surface area contributed by atoms with Gasteiger partial charge < -0.3 is 10.2 Å². The summed E-state index contributed by atoms with van der Waals surface area (Å²) in [7, 11) is 0. The third-order valence-electron chi connectivity index (χ3n) is 3.48. The van der Waals surface area contributed by atoms with Gasteiger partial charge in [0.05, 0.1) is 11.0 Å². The first-order valence-corrected chi connectivity index (χ1v) is 6.87. The van der Waals surface area contributed by atoms with Crippen molar-refractivity contribution >= 4 is 11.6 Å². The number of nitro benzene ring substituents is 1. The predicted molar refractivity (Wildman–Crippen MR) is 75.2 cm³/mol. The molecule has 1 aromatic carbocycles. The minimum atomic E-state index is -0.414. The number of hydrogen-bond donors (Lipinski definition) is 1. The Morgan fingerprint density at radius 1 is 1.50 bits per heavy atom. The lowest BCUT2D eigenvalue weighted by molar-refractivity contribution is -0.384. The van der Waals surface area contributed by atoms with E-state index >= 15 is 0 Å². The van der Waals surface area contributed by atoms with Crippen LogP contribution in [0.4, 0.5) is 5.69 Å². The molecule has 0 radical (unpaired) electrons. The predicted octanol–water partition coefficient (Wildman–Crippen LogP) is 1.70. The molecule has 1 heterocycles. The van der Waals surface area contributed by atoms with Gasteiger partial charge >= 0.3 is 0 Å². The van der Waals surface area contributed by atoms with Crippen LogP contribution in [0.2, 0.25) is 0 Å². The van der Waals surface area contributed by atoms with E-state index in [0.717, 1.165) is 24.9 Å². The van der Waals surface area contributed by atoms with Crippen molar-refractivity contribution < 1.29 is 9.72 Å². The summed E-state index contributed by atoms with van der Waals surface area (Å²) in [4.78, 5) is 24.4. The first kappa shape index (κ1) is 14.5. The molecule has 0 bridgehead atoms. The number of nitrogens with one attached hydrogen (secondary N) is 1. The minimum absolute atomic E-state index is 0.0650. The van der Waals surface area contributed by atoms with Gasteiger partial charge in [0, 0.05) is 25.2 Å². The van der Waals surface area contributed by atoms with Gasteiger partial charge in [-0.15, -0.1) is 0 Å². The normalized spacial score (nSPS) is 19.1. The molecule has 1 atom stereocenters. The Balaban J connectivity index is 2.07. The third-order valence-corrected chi connectivity index (χ3v) is 3.48. The van der Waals surface area contributed by atoms with Gasteiger partial charge in [0.1, 0.15) is 0 Å². The minimum Gasteiger partial charge on any atom is -0.337 e. The van der Waals surface area contributed by atoms with Crippen molar-refractivity contribution in [2.45, 2.75) is 32.4 Å². The van der Waals surface area contributed by atoms with Crippen LogP contribution in [0, 0.1) is 10.1 Å². The van der Waals surface area contributed by atoms with Crippen molar-refractivity contribution in [2.24, 2.45) is 0 Å².